The van der Waals surface area contributed by atoms with Crippen LogP contribution in [-0.4, -0.2) is 38.4 Å². The first-order chi connectivity index (χ1) is 15.5. The Balaban J connectivity index is 1.49. The second-order valence-electron chi connectivity index (χ2n) is 7.69. The molecule has 1 amide bonds. The lowest BCUT2D eigenvalue weighted by atomic mass is 9.97. The second-order valence-corrected chi connectivity index (χ2v) is 7.69. The molecule has 0 atom stereocenters. The molecule has 7 nitrogen and oxygen atoms in total. The van der Waals surface area contributed by atoms with E-state index >= 15 is 0 Å². The fourth-order valence-electron chi connectivity index (χ4n) is 4.17. The molecule has 0 bridgehead atoms. The number of rotatable bonds is 3. The number of aromatic carboxylic acids is 1. The summed E-state index contributed by atoms with van der Waals surface area (Å²) in [5, 5.41) is 10.6. The SMILES string of the molecule is O=C(O)c1ccc(C(=O)N2CCc3nc(-c4ccccc4)[nH]c(=O)c3C2)c2ccccc12. The Morgan fingerprint density at radius 3 is 2.28 bits per heavy atom. The van der Waals surface area contributed by atoms with Gasteiger partial charge in [-0.05, 0) is 22.9 Å². The van der Waals surface area contributed by atoms with Gasteiger partial charge in [-0.3, -0.25) is 9.59 Å². The van der Waals surface area contributed by atoms with Crippen molar-refractivity contribution in [2.75, 3.05) is 6.54 Å². The quantitative estimate of drug-likeness (QED) is 0.523. The predicted octanol–water partition coefficient (Wildman–Crippen LogP) is 3.49. The highest BCUT2D eigenvalue weighted by molar-refractivity contribution is 6.12. The van der Waals surface area contributed by atoms with Crippen LogP contribution in [0.1, 0.15) is 32.0 Å². The molecule has 2 N–H and O–H groups in total. The minimum absolute atomic E-state index is 0.148. The summed E-state index contributed by atoms with van der Waals surface area (Å²) in [6.45, 7) is 0.575. The topological polar surface area (TPSA) is 103 Å². The molecule has 7 heteroatoms. The van der Waals surface area contributed by atoms with Gasteiger partial charge in [0.2, 0.25) is 0 Å². The minimum Gasteiger partial charge on any atom is -0.478 e. The molecule has 158 valence electrons. The number of carbonyl (C=O) groups is 2. The van der Waals surface area contributed by atoms with Crippen LogP contribution in [0.4, 0.5) is 0 Å². The van der Waals surface area contributed by atoms with E-state index in [1.54, 1.807) is 35.2 Å². The number of benzene rings is 3. The van der Waals surface area contributed by atoms with E-state index in [9.17, 15) is 19.5 Å². The molecule has 5 rings (SSSR count). The fraction of sp³-hybridized carbons (Fsp3) is 0.120. The number of carboxylic acids is 1. The van der Waals surface area contributed by atoms with Crippen molar-refractivity contribution >= 4 is 22.6 Å². The zero-order valence-corrected chi connectivity index (χ0v) is 17.0. The lowest BCUT2D eigenvalue weighted by Crippen LogP contribution is -2.39. The van der Waals surface area contributed by atoms with Crippen molar-refractivity contribution in [2.45, 2.75) is 13.0 Å². The minimum atomic E-state index is -1.04. The maximum absolute atomic E-state index is 13.4. The standard InChI is InChI=1S/C25H19N3O4/c29-23-20-14-28(13-12-21(20)26-22(27-23)15-6-2-1-3-7-15)24(30)18-10-11-19(25(31)32)17-9-5-4-8-16(17)18/h1-11H,12-14H2,(H,31,32)(H,26,27,29). The lowest BCUT2D eigenvalue weighted by molar-refractivity contribution is 0.0695. The Labute approximate surface area is 183 Å². The van der Waals surface area contributed by atoms with Crippen molar-refractivity contribution in [1.29, 1.82) is 0 Å². The van der Waals surface area contributed by atoms with Crippen LogP contribution < -0.4 is 5.56 Å². The van der Waals surface area contributed by atoms with E-state index < -0.39 is 5.97 Å². The van der Waals surface area contributed by atoms with E-state index in [0.29, 0.717) is 46.4 Å². The molecule has 0 saturated carbocycles. The average molecular weight is 425 g/mol. The van der Waals surface area contributed by atoms with Gasteiger partial charge in [0.1, 0.15) is 5.82 Å². The van der Waals surface area contributed by atoms with Gasteiger partial charge in [-0.1, -0.05) is 54.6 Å². The zero-order valence-electron chi connectivity index (χ0n) is 17.0. The number of aromatic nitrogens is 2. The van der Waals surface area contributed by atoms with Crippen LogP contribution in [0.5, 0.6) is 0 Å². The van der Waals surface area contributed by atoms with E-state index in [0.717, 1.165) is 5.56 Å². The summed E-state index contributed by atoms with van der Waals surface area (Å²) in [7, 11) is 0. The number of nitrogens with zero attached hydrogens (tertiary/aromatic N) is 2. The van der Waals surface area contributed by atoms with Gasteiger partial charge in [0.05, 0.1) is 23.4 Å². The molecule has 4 aromatic rings. The summed E-state index contributed by atoms with van der Waals surface area (Å²) in [5.74, 6) is -0.765. The maximum atomic E-state index is 13.4. The van der Waals surface area contributed by atoms with Crippen LogP contribution in [0.3, 0.4) is 0 Å². The summed E-state index contributed by atoms with van der Waals surface area (Å²) < 4.78 is 0. The molecular formula is C25H19N3O4. The number of carbonyl (C=O) groups excluding carboxylic acids is 1. The van der Waals surface area contributed by atoms with E-state index in [2.05, 4.69) is 9.97 Å². The highest BCUT2D eigenvalue weighted by Gasteiger charge is 2.27. The van der Waals surface area contributed by atoms with Gasteiger partial charge in [0.25, 0.3) is 11.5 Å². The van der Waals surface area contributed by atoms with Crippen molar-refractivity contribution in [3.8, 4) is 11.4 Å². The second kappa shape index (κ2) is 7.77. The Morgan fingerprint density at radius 1 is 0.906 bits per heavy atom. The first kappa shape index (κ1) is 19.7. The van der Waals surface area contributed by atoms with E-state index in [1.165, 1.54) is 6.07 Å². The van der Waals surface area contributed by atoms with Gasteiger partial charge in [0, 0.05) is 24.1 Å². The summed E-state index contributed by atoms with van der Waals surface area (Å²) in [6, 6.07) is 19.4. The Hall–Kier alpha value is -4.26. The number of nitrogens with one attached hydrogen (secondary N) is 1. The number of hydrogen-bond donors (Lipinski definition) is 2. The van der Waals surface area contributed by atoms with E-state index in [4.69, 9.17) is 0 Å². The van der Waals surface area contributed by atoms with Crippen molar-refractivity contribution in [2.24, 2.45) is 0 Å². The first-order valence-corrected chi connectivity index (χ1v) is 10.2. The Morgan fingerprint density at radius 2 is 1.56 bits per heavy atom. The molecule has 0 saturated heterocycles. The molecule has 1 aliphatic rings. The van der Waals surface area contributed by atoms with Gasteiger partial charge in [-0.25, -0.2) is 9.78 Å². The molecule has 1 aromatic heterocycles. The summed E-state index contributed by atoms with van der Waals surface area (Å²) in [4.78, 5) is 46.8. The molecule has 3 aromatic carbocycles. The molecule has 0 aliphatic carbocycles. The predicted molar refractivity (Wildman–Crippen MR) is 120 cm³/mol. The molecule has 0 spiro atoms. The third-order valence-electron chi connectivity index (χ3n) is 5.79. The average Bonchev–Trinajstić information content (AvgIpc) is 2.83. The number of amides is 1. The fourth-order valence-corrected chi connectivity index (χ4v) is 4.17. The molecule has 0 fully saturated rings. The van der Waals surface area contributed by atoms with Crippen LogP contribution in [0, 0.1) is 0 Å². The van der Waals surface area contributed by atoms with Gasteiger partial charge in [-0.2, -0.15) is 0 Å². The third kappa shape index (κ3) is 3.33. The van der Waals surface area contributed by atoms with Crippen LogP contribution in [0.25, 0.3) is 22.2 Å². The normalized spacial score (nSPS) is 13.1. The van der Waals surface area contributed by atoms with Gasteiger partial charge in [-0.15, -0.1) is 0 Å². The summed E-state index contributed by atoms with van der Waals surface area (Å²) in [5.41, 5.74) is 2.32. The molecule has 2 heterocycles. The maximum Gasteiger partial charge on any atom is 0.336 e. The summed E-state index contributed by atoms with van der Waals surface area (Å²) in [6.07, 6.45) is 0.468. The molecule has 32 heavy (non-hydrogen) atoms. The van der Waals surface area contributed by atoms with E-state index in [1.807, 2.05) is 30.3 Å². The van der Waals surface area contributed by atoms with Crippen molar-refractivity contribution in [1.82, 2.24) is 14.9 Å². The molecular weight excluding hydrogens is 406 g/mol. The van der Waals surface area contributed by atoms with Gasteiger partial charge < -0.3 is 15.0 Å². The zero-order chi connectivity index (χ0) is 22.2. The largest absolute Gasteiger partial charge is 0.478 e. The Bertz CT molecular complexity index is 1430. The van der Waals surface area contributed by atoms with Crippen LogP contribution in [-0.2, 0) is 13.0 Å². The van der Waals surface area contributed by atoms with Gasteiger partial charge >= 0.3 is 5.97 Å². The highest BCUT2D eigenvalue weighted by Crippen LogP contribution is 2.26. The highest BCUT2D eigenvalue weighted by atomic mass is 16.4. The monoisotopic (exact) mass is 425 g/mol. The molecule has 0 radical (unpaired) electrons. The Kier molecular flexibility index (Phi) is 4.78. The number of fused-ring (bicyclic) bond motifs is 2. The van der Waals surface area contributed by atoms with Crippen molar-refractivity contribution < 1.29 is 14.7 Å². The van der Waals surface area contributed by atoms with Crippen LogP contribution >= 0.6 is 0 Å². The number of H-pyrrole nitrogens is 1. The number of carboxylic acid groups (broad SMARTS) is 1. The molecule has 0 unspecified atom stereocenters. The van der Waals surface area contributed by atoms with Gasteiger partial charge in [0.15, 0.2) is 0 Å². The smallest absolute Gasteiger partial charge is 0.336 e. The van der Waals surface area contributed by atoms with Crippen LogP contribution in [0.2, 0.25) is 0 Å². The van der Waals surface area contributed by atoms with Crippen molar-refractivity contribution in [3.05, 3.63) is 99.5 Å². The van der Waals surface area contributed by atoms with Crippen LogP contribution in [0.15, 0.2) is 71.5 Å². The molecule has 1 aliphatic heterocycles. The van der Waals surface area contributed by atoms with E-state index in [-0.39, 0.29) is 23.6 Å². The number of aromatic amines is 1. The third-order valence-corrected chi connectivity index (χ3v) is 5.79. The summed E-state index contributed by atoms with van der Waals surface area (Å²) >= 11 is 0. The van der Waals surface area contributed by atoms with Crippen molar-refractivity contribution in [3.63, 3.8) is 0 Å². The first-order valence-electron chi connectivity index (χ1n) is 10.2. The number of hydrogen-bond acceptors (Lipinski definition) is 4. The lowest BCUT2D eigenvalue weighted by Gasteiger charge is -2.28.